The molecular weight excluding hydrogens is 250 g/mol. The largest absolute Gasteiger partial charge is 0.396 e. The molecule has 1 fully saturated rings. The molecule has 0 aliphatic carbocycles. The summed E-state index contributed by atoms with van der Waals surface area (Å²) in [5, 5.41) is 15.6. The summed E-state index contributed by atoms with van der Waals surface area (Å²) in [6.45, 7) is 0.598. The Morgan fingerprint density at radius 1 is 1.79 bits per heavy atom. The quantitative estimate of drug-likeness (QED) is 0.814. The Hall–Kier alpha value is -0.880. The zero-order valence-corrected chi connectivity index (χ0v) is 8.99. The number of aliphatic hydroxyl groups excluding tert-OH is 1. The molecule has 0 spiro atoms. The van der Waals surface area contributed by atoms with E-state index in [0.29, 0.717) is 18.8 Å². The van der Waals surface area contributed by atoms with Crippen LogP contribution in [0.4, 0.5) is 5.82 Å². The highest BCUT2D eigenvalue weighted by Gasteiger charge is 2.31. The SMILES string of the molecule is O=C1CC(CO)CN1c1cc(Br)[nH]n1. The first-order chi connectivity index (χ1) is 6.70. The first-order valence-electron chi connectivity index (χ1n) is 4.33. The van der Waals surface area contributed by atoms with Crippen LogP contribution in [-0.2, 0) is 4.79 Å². The summed E-state index contributed by atoms with van der Waals surface area (Å²) < 4.78 is 0.743. The number of aromatic amines is 1. The molecule has 0 bridgehead atoms. The fraction of sp³-hybridized carbons (Fsp3) is 0.500. The third-order valence-electron chi connectivity index (χ3n) is 2.27. The number of nitrogens with one attached hydrogen (secondary N) is 1. The third kappa shape index (κ3) is 1.67. The van der Waals surface area contributed by atoms with Crippen LogP contribution in [0.1, 0.15) is 6.42 Å². The van der Waals surface area contributed by atoms with Crippen molar-refractivity contribution in [2.75, 3.05) is 18.1 Å². The topological polar surface area (TPSA) is 69.2 Å². The van der Waals surface area contributed by atoms with Gasteiger partial charge in [0, 0.05) is 31.6 Å². The monoisotopic (exact) mass is 259 g/mol. The zero-order chi connectivity index (χ0) is 10.1. The number of carbonyl (C=O) groups is 1. The van der Waals surface area contributed by atoms with Gasteiger partial charge in [-0.1, -0.05) is 0 Å². The summed E-state index contributed by atoms with van der Waals surface area (Å²) in [5.41, 5.74) is 0. The Morgan fingerprint density at radius 2 is 2.57 bits per heavy atom. The molecule has 1 aliphatic heterocycles. The van der Waals surface area contributed by atoms with Crippen molar-refractivity contribution >= 4 is 27.7 Å². The smallest absolute Gasteiger partial charge is 0.228 e. The molecule has 2 rings (SSSR count). The average Bonchev–Trinajstić information content (AvgIpc) is 2.71. The van der Waals surface area contributed by atoms with E-state index in [4.69, 9.17) is 5.11 Å². The van der Waals surface area contributed by atoms with Gasteiger partial charge >= 0.3 is 0 Å². The predicted octanol–water partition coefficient (Wildman–Crippen LogP) is 0.517. The van der Waals surface area contributed by atoms with Gasteiger partial charge in [-0.15, -0.1) is 0 Å². The highest BCUT2D eigenvalue weighted by molar-refractivity contribution is 9.10. The van der Waals surface area contributed by atoms with E-state index in [1.165, 1.54) is 0 Å². The van der Waals surface area contributed by atoms with Gasteiger partial charge in [0.05, 0.1) is 0 Å². The molecule has 1 unspecified atom stereocenters. The van der Waals surface area contributed by atoms with E-state index < -0.39 is 0 Å². The minimum atomic E-state index is 0.0167. The minimum Gasteiger partial charge on any atom is -0.396 e. The summed E-state index contributed by atoms with van der Waals surface area (Å²) in [6.07, 6.45) is 0.404. The van der Waals surface area contributed by atoms with E-state index in [1.54, 1.807) is 11.0 Å². The molecule has 1 aromatic rings. The molecule has 1 aromatic heterocycles. The van der Waals surface area contributed by atoms with Crippen molar-refractivity contribution in [1.82, 2.24) is 10.2 Å². The van der Waals surface area contributed by atoms with Crippen LogP contribution in [0.25, 0.3) is 0 Å². The third-order valence-corrected chi connectivity index (χ3v) is 2.68. The van der Waals surface area contributed by atoms with E-state index in [9.17, 15) is 4.79 Å². The van der Waals surface area contributed by atoms with Crippen LogP contribution in [-0.4, -0.2) is 34.4 Å². The summed E-state index contributed by atoms with van der Waals surface area (Å²) in [5.74, 6) is 0.666. The van der Waals surface area contributed by atoms with Gasteiger partial charge in [-0.25, -0.2) is 0 Å². The van der Waals surface area contributed by atoms with Crippen molar-refractivity contribution in [3.8, 4) is 0 Å². The second-order valence-corrected chi connectivity index (χ2v) is 4.19. The molecular formula is C8H10BrN3O2. The molecule has 76 valence electrons. The maximum absolute atomic E-state index is 11.5. The Labute approximate surface area is 89.2 Å². The van der Waals surface area contributed by atoms with Crippen LogP contribution < -0.4 is 4.90 Å². The van der Waals surface area contributed by atoms with Crippen LogP contribution >= 0.6 is 15.9 Å². The number of hydrogen-bond donors (Lipinski definition) is 2. The Kier molecular flexibility index (Phi) is 2.56. The standard InChI is InChI=1S/C8H10BrN3O2/c9-6-2-7(11-10-6)12-3-5(4-13)1-8(12)14/h2,5,13H,1,3-4H2,(H,10,11). The number of carbonyl (C=O) groups excluding carboxylic acids is 1. The number of aliphatic hydroxyl groups is 1. The molecule has 1 amide bonds. The van der Waals surface area contributed by atoms with Crippen LogP contribution in [0.2, 0.25) is 0 Å². The highest BCUT2D eigenvalue weighted by atomic mass is 79.9. The van der Waals surface area contributed by atoms with Crippen molar-refractivity contribution in [2.24, 2.45) is 5.92 Å². The maximum atomic E-state index is 11.5. The molecule has 1 saturated heterocycles. The highest BCUT2D eigenvalue weighted by Crippen LogP contribution is 2.24. The number of halogens is 1. The van der Waals surface area contributed by atoms with E-state index in [0.717, 1.165) is 4.60 Å². The number of nitrogens with zero attached hydrogens (tertiary/aromatic N) is 2. The molecule has 0 aromatic carbocycles. The number of H-pyrrole nitrogens is 1. The Morgan fingerprint density at radius 3 is 3.07 bits per heavy atom. The second-order valence-electron chi connectivity index (χ2n) is 3.33. The van der Waals surface area contributed by atoms with E-state index >= 15 is 0 Å². The Bertz CT molecular complexity index is 352. The summed E-state index contributed by atoms with van der Waals surface area (Å²) in [6, 6.07) is 1.75. The molecule has 6 heteroatoms. The normalized spacial score (nSPS) is 22.0. The number of hydrogen-bond acceptors (Lipinski definition) is 3. The molecule has 1 aliphatic rings. The number of anilines is 1. The lowest BCUT2D eigenvalue weighted by Gasteiger charge is -2.11. The van der Waals surface area contributed by atoms with Crippen LogP contribution in [0.3, 0.4) is 0 Å². The predicted molar refractivity (Wildman–Crippen MR) is 53.8 cm³/mol. The number of rotatable bonds is 2. The molecule has 2 N–H and O–H groups in total. The molecule has 1 atom stereocenters. The van der Waals surface area contributed by atoms with Crippen molar-refractivity contribution < 1.29 is 9.90 Å². The van der Waals surface area contributed by atoms with Crippen LogP contribution in [0.15, 0.2) is 10.7 Å². The molecule has 0 radical (unpaired) electrons. The number of amides is 1. The van der Waals surface area contributed by atoms with Gasteiger partial charge in [0.1, 0.15) is 4.60 Å². The van der Waals surface area contributed by atoms with Crippen molar-refractivity contribution in [1.29, 1.82) is 0 Å². The van der Waals surface area contributed by atoms with Crippen LogP contribution in [0, 0.1) is 5.92 Å². The van der Waals surface area contributed by atoms with Gasteiger partial charge in [-0.05, 0) is 15.9 Å². The second kappa shape index (κ2) is 3.70. The first kappa shape index (κ1) is 9.67. The van der Waals surface area contributed by atoms with Crippen molar-refractivity contribution in [3.63, 3.8) is 0 Å². The number of aromatic nitrogens is 2. The fourth-order valence-corrected chi connectivity index (χ4v) is 1.85. The van der Waals surface area contributed by atoms with Gasteiger partial charge in [0.25, 0.3) is 0 Å². The fourth-order valence-electron chi connectivity index (χ4n) is 1.55. The van der Waals surface area contributed by atoms with Gasteiger partial charge in [-0.2, -0.15) is 5.10 Å². The van der Waals surface area contributed by atoms with Gasteiger partial charge in [-0.3, -0.25) is 14.8 Å². The van der Waals surface area contributed by atoms with E-state index in [2.05, 4.69) is 26.1 Å². The lowest BCUT2D eigenvalue weighted by molar-refractivity contribution is -0.117. The molecule has 14 heavy (non-hydrogen) atoms. The van der Waals surface area contributed by atoms with E-state index in [-0.39, 0.29) is 18.4 Å². The lowest BCUT2D eigenvalue weighted by Crippen LogP contribution is -2.25. The van der Waals surface area contributed by atoms with E-state index in [1.807, 2.05) is 0 Å². The minimum absolute atomic E-state index is 0.0167. The van der Waals surface area contributed by atoms with Gasteiger partial charge in [0.2, 0.25) is 5.91 Å². The summed E-state index contributed by atoms with van der Waals surface area (Å²) >= 11 is 3.23. The van der Waals surface area contributed by atoms with Crippen molar-refractivity contribution in [3.05, 3.63) is 10.7 Å². The lowest BCUT2D eigenvalue weighted by atomic mass is 10.1. The molecule has 5 nitrogen and oxygen atoms in total. The summed E-state index contributed by atoms with van der Waals surface area (Å²) in [7, 11) is 0. The molecule has 0 saturated carbocycles. The van der Waals surface area contributed by atoms with Gasteiger partial charge in [0.15, 0.2) is 5.82 Å². The van der Waals surface area contributed by atoms with Crippen molar-refractivity contribution in [2.45, 2.75) is 6.42 Å². The van der Waals surface area contributed by atoms with Crippen LogP contribution in [0.5, 0.6) is 0 Å². The summed E-state index contributed by atoms with van der Waals surface area (Å²) in [4.78, 5) is 13.1. The maximum Gasteiger partial charge on any atom is 0.228 e. The van der Waals surface area contributed by atoms with Gasteiger partial charge < -0.3 is 5.11 Å². The Balaban J connectivity index is 2.16. The average molecular weight is 260 g/mol. The molecule has 2 heterocycles. The zero-order valence-electron chi connectivity index (χ0n) is 7.40. The first-order valence-corrected chi connectivity index (χ1v) is 5.12.